The summed E-state index contributed by atoms with van der Waals surface area (Å²) in [6.45, 7) is 2.57. The van der Waals surface area contributed by atoms with Crippen molar-refractivity contribution in [3.8, 4) is 5.75 Å². The number of rotatable bonds is 8. The largest absolute Gasteiger partial charge is 0.493 e. The zero-order chi connectivity index (χ0) is 15.8. The average molecular weight is 313 g/mol. The van der Waals surface area contributed by atoms with Crippen molar-refractivity contribution >= 4 is 17.5 Å². The fraction of sp³-hybridized carbons (Fsp3) is 0.562. The molecule has 21 heavy (non-hydrogen) atoms. The first kappa shape index (κ1) is 17.8. The standard InChI is InChI=1S/C16H25ClN2O2/c1-4-14(18)11-12-10-13(17)7-8-15(12)21-9-5-6-16(20)19(2)3/h7-8,10,14H,4-6,9,11,18H2,1-3H3. The maximum Gasteiger partial charge on any atom is 0.222 e. The summed E-state index contributed by atoms with van der Waals surface area (Å²) in [5.41, 5.74) is 7.03. The van der Waals surface area contributed by atoms with Crippen LogP contribution in [0, 0.1) is 0 Å². The van der Waals surface area contributed by atoms with Crippen molar-refractivity contribution in [3.63, 3.8) is 0 Å². The molecule has 2 N–H and O–H groups in total. The van der Waals surface area contributed by atoms with Crippen LogP contribution >= 0.6 is 11.6 Å². The van der Waals surface area contributed by atoms with Gasteiger partial charge in [-0.3, -0.25) is 4.79 Å². The van der Waals surface area contributed by atoms with Gasteiger partial charge in [0.1, 0.15) is 5.75 Å². The number of carbonyl (C=O) groups excluding carboxylic acids is 1. The summed E-state index contributed by atoms with van der Waals surface area (Å²) in [6.07, 6.45) is 2.83. The number of nitrogens with zero attached hydrogens (tertiary/aromatic N) is 1. The fourth-order valence-corrected chi connectivity index (χ4v) is 2.10. The van der Waals surface area contributed by atoms with Crippen LogP contribution in [0.1, 0.15) is 31.7 Å². The van der Waals surface area contributed by atoms with Crippen LogP contribution in [0.4, 0.5) is 0 Å². The van der Waals surface area contributed by atoms with Crippen molar-refractivity contribution in [1.82, 2.24) is 4.90 Å². The third-order valence-corrected chi connectivity index (χ3v) is 3.56. The number of ether oxygens (including phenoxy) is 1. The van der Waals surface area contributed by atoms with E-state index in [9.17, 15) is 4.79 Å². The highest BCUT2D eigenvalue weighted by atomic mass is 35.5. The first-order valence-electron chi connectivity index (χ1n) is 7.31. The molecule has 1 aromatic carbocycles. The highest BCUT2D eigenvalue weighted by Crippen LogP contribution is 2.24. The van der Waals surface area contributed by atoms with Crippen LogP contribution in [0.3, 0.4) is 0 Å². The molecule has 4 nitrogen and oxygen atoms in total. The number of hydrogen-bond donors (Lipinski definition) is 1. The first-order valence-corrected chi connectivity index (χ1v) is 7.68. The number of halogens is 1. The summed E-state index contributed by atoms with van der Waals surface area (Å²) in [5, 5.41) is 0.684. The Kier molecular flexibility index (Phi) is 7.54. The van der Waals surface area contributed by atoms with E-state index in [4.69, 9.17) is 22.1 Å². The number of nitrogens with two attached hydrogens (primary N) is 1. The minimum absolute atomic E-state index is 0.0983. The predicted octanol–water partition coefficient (Wildman–Crippen LogP) is 2.87. The monoisotopic (exact) mass is 312 g/mol. The van der Waals surface area contributed by atoms with Gasteiger partial charge in [-0.25, -0.2) is 0 Å². The lowest BCUT2D eigenvalue weighted by atomic mass is 10.0. The topological polar surface area (TPSA) is 55.6 Å². The Morgan fingerprint density at radius 1 is 1.43 bits per heavy atom. The Morgan fingerprint density at radius 3 is 2.76 bits per heavy atom. The summed E-state index contributed by atoms with van der Waals surface area (Å²) >= 11 is 6.03. The highest BCUT2D eigenvalue weighted by molar-refractivity contribution is 6.30. The van der Waals surface area contributed by atoms with Gasteiger partial charge < -0.3 is 15.4 Å². The maximum atomic E-state index is 11.5. The van der Waals surface area contributed by atoms with Crippen LogP contribution in [-0.4, -0.2) is 37.6 Å². The summed E-state index contributed by atoms with van der Waals surface area (Å²) in [6, 6.07) is 5.68. The quantitative estimate of drug-likeness (QED) is 0.751. The Bertz CT molecular complexity index is 464. The van der Waals surface area contributed by atoms with Gasteiger partial charge in [0.15, 0.2) is 0 Å². The molecule has 0 aliphatic carbocycles. The van der Waals surface area contributed by atoms with Crippen LogP contribution in [0.25, 0.3) is 0 Å². The molecule has 0 fully saturated rings. The van der Waals surface area contributed by atoms with Gasteiger partial charge in [0.05, 0.1) is 6.61 Å². The Hall–Kier alpha value is -1.26. The molecule has 1 unspecified atom stereocenters. The average Bonchev–Trinajstić information content (AvgIpc) is 2.44. The zero-order valence-corrected chi connectivity index (χ0v) is 13.8. The number of carbonyl (C=O) groups is 1. The smallest absolute Gasteiger partial charge is 0.222 e. The number of hydrogen-bond acceptors (Lipinski definition) is 3. The summed E-state index contributed by atoms with van der Waals surface area (Å²) < 4.78 is 5.78. The third kappa shape index (κ3) is 6.36. The SMILES string of the molecule is CCC(N)Cc1cc(Cl)ccc1OCCCC(=O)N(C)C. The fourth-order valence-electron chi connectivity index (χ4n) is 1.90. The highest BCUT2D eigenvalue weighted by Gasteiger charge is 2.10. The lowest BCUT2D eigenvalue weighted by Crippen LogP contribution is -2.22. The molecule has 0 aliphatic heterocycles. The van der Waals surface area contributed by atoms with Crippen LogP contribution in [0.5, 0.6) is 5.75 Å². The second-order valence-electron chi connectivity index (χ2n) is 5.36. The molecule has 0 heterocycles. The van der Waals surface area contributed by atoms with Gasteiger partial charge in [-0.15, -0.1) is 0 Å². The molecule has 1 aromatic rings. The predicted molar refractivity (Wildman–Crippen MR) is 86.8 cm³/mol. The van der Waals surface area contributed by atoms with Crippen molar-refractivity contribution < 1.29 is 9.53 Å². The number of benzene rings is 1. The molecule has 0 aromatic heterocycles. The minimum Gasteiger partial charge on any atom is -0.493 e. The molecule has 0 saturated carbocycles. The second kappa shape index (κ2) is 8.90. The Labute approximate surface area is 132 Å². The second-order valence-corrected chi connectivity index (χ2v) is 5.80. The molecular formula is C16H25ClN2O2. The van der Waals surface area contributed by atoms with E-state index in [-0.39, 0.29) is 11.9 Å². The molecule has 5 heteroatoms. The minimum atomic E-state index is 0.0983. The molecule has 1 amide bonds. The van der Waals surface area contributed by atoms with Gasteiger partial charge in [0, 0.05) is 31.6 Å². The molecular weight excluding hydrogens is 288 g/mol. The van der Waals surface area contributed by atoms with E-state index < -0.39 is 0 Å². The van der Waals surface area contributed by atoms with Crippen molar-refractivity contribution in [1.29, 1.82) is 0 Å². The lowest BCUT2D eigenvalue weighted by molar-refractivity contribution is -0.128. The van der Waals surface area contributed by atoms with Gasteiger partial charge in [0.2, 0.25) is 5.91 Å². The molecule has 1 rings (SSSR count). The lowest BCUT2D eigenvalue weighted by Gasteiger charge is -2.15. The van der Waals surface area contributed by atoms with E-state index in [2.05, 4.69) is 6.92 Å². The van der Waals surface area contributed by atoms with Gasteiger partial charge in [-0.2, -0.15) is 0 Å². The molecule has 0 saturated heterocycles. The summed E-state index contributed by atoms with van der Waals surface area (Å²) in [5.74, 6) is 0.920. The first-order chi connectivity index (χ1) is 9.93. The van der Waals surface area contributed by atoms with Crippen LogP contribution in [0.2, 0.25) is 5.02 Å². The number of amides is 1. The van der Waals surface area contributed by atoms with Crippen molar-refractivity contribution in [2.45, 2.75) is 38.6 Å². The normalized spacial score (nSPS) is 12.0. The van der Waals surface area contributed by atoms with Gasteiger partial charge in [-0.05, 0) is 43.0 Å². The molecule has 1 atom stereocenters. The van der Waals surface area contributed by atoms with E-state index in [1.54, 1.807) is 19.0 Å². The molecule has 0 aliphatic rings. The van der Waals surface area contributed by atoms with Crippen molar-refractivity contribution in [2.75, 3.05) is 20.7 Å². The van der Waals surface area contributed by atoms with E-state index in [0.717, 1.165) is 24.2 Å². The van der Waals surface area contributed by atoms with Crippen LogP contribution < -0.4 is 10.5 Å². The van der Waals surface area contributed by atoms with Gasteiger partial charge >= 0.3 is 0 Å². The van der Waals surface area contributed by atoms with Crippen molar-refractivity contribution in [2.24, 2.45) is 5.73 Å². The van der Waals surface area contributed by atoms with E-state index in [1.165, 1.54) is 0 Å². The molecule has 0 radical (unpaired) electrons. The zero-order valence-electron chi connectivity index (χ0n) is 13.1. The summed E-state index contributed by atoms with van der Waals surface area (Å²) in [7, 11) is 3.51. The van der Waals surface area contributed by atoms with E-state index in [0.29, 0.717) is 24.5 Å². The molecule has 0 spiro atoms. The van der Waals surface area contributed by atoms with Gasteiger partial charge in [-0.1, -0.05) is 18.5 Å². The molecule has 0 bridgehead atoms. The van der Waals surface area contributed by atoms with E-state index >= 15 is 0 Å². The Morgan fingerprint density at radius 2 is 2.14 bits per heavy atom. The Balaban J connectivity index is 2.56. The van der Waals surface area contributed by atoms with Gasteiger partial charge in [0.25, 0.3) is 0 Å². The maximum absolute atomic E-state index is 11.5. The van der Waals surface area contributed by atoms with E-state index in [1.807, 2.05) is 18.2 Å². The van der Waals surface area contributed by atoms with Crippen molar-refractivity contribution in [3.05, 3.63) is 28.8 Å². The van der Waals surface area contributed by atoms with Crippen LogP contribution in [-0.2, 0) is 11.2 Å². The summed E-state index contributed by atoms with van der Waals surface area (Å²) in [4.78, 5) is 13.1. The third-order valence-electron chi connectivity index (χ3n) is 3.32. The molecule has 118 valence electrons. The van der Waals surface area contributed by atoms with Crippen LogP contribution in [0.15, 0.2) is 18.2 Å².